The molecule has 3 aromatic carbocycles. The van der Waals surface area contributed by atoms with Crippen LogP contribution in [0.3, 0.4) is 0 Å². The number of hydrogen-bond acceptors (Lipinski definition) is 3. The molecule has 3 aromatic rings. The minimum absolute atomic E-state index is 0.0806. The van der Waals surface area contributed by atoms with Gasteiger partial charge in [0.05, 0.1) is 16.1 Å². The second-order valence-electron chi connectivity index (χ2n) is 6.15. The first-order valence-corrected chi connectivity index (χ1v) is 10.7. The van der Waals surface area contributed by atoms with Crippen LogP contribution in [0.15, 0.2) is 75.7 Å². The topological polar surface area (TPSA) is 35.5 Å². The quantitative estimate of drug-likeness (QED) is 0.234. The van der Waals surface area contributed by atoms with Crippen molar-refractivity contribution in [1.29, 1.82) is 0 Å². The van der Waals surface area contributed by atoms with Crippen molar-refractivity contribution in [3.63, 3.8) is 0 Å². The van der Waals surface area contributed by atoms with Crippen molar-refractivity contribution in [3.8, 4) is 11.5 Å². The monoisotopic (exact) mass is 534 g/mol. The maximum atomic E-state index is 12.4. The number of ether oxygens (including phenoxy) is 2. The summed E-state index contributed by atoms with van der Waals surface area (Å²) in [5.41, 5.74) is 2.48. The van der Waals surface area contributed by atoms with Gasteiger partial charge in [0.15, 0.2) is 5.78 Å². The molecule has 0 atom stereocenters. The van der Waals surface area contributed by atoms with E-state index in [-0.39, 0.29) is 5.78 Å². The summed E-state index contributed by atoms with van der Waals surface area (Å²) in [6.45, 7) is 0.416. The van der Waals surface area contributed by atoms with Crippen molar-refractivity contribution in [1.82, 2.24) is 0 Å². The minimum Gasteiger partial charge on any atom is -0.497 e. The highest BCUT2D eigenvalue weighted by Crippen LogP contribution is 2.35. The van der Waals surface area contributed by atoms with E-state index in [2.05, 4.69) is 31.9 Å². The lowest BCUT2D eigenvalue weighted by Crippen LogP contribution is -1.97. The number of carbonyl (C=O) groups excluding carboxylic acids is 1. The van der Waals surface area contributed by atoms with Crippen LogP contribution < -0.4 is 9.47 Å². The molecule has 29 heavy (non-hydrogen) atoms. The molecule has 0 heterocycles. The third-order valence-corrected chi connectivity index (χ3v) is 5.55. The number of hydrogen-bond donors (Lipinski definition) is 0. The zero-order valence-electron chi connectivity index (χ0n) is 15.5. The van der Waals surface area contributed by atoms with Gasteiger partial charge < -0.3 is 9.47 Å². The lowest BCUT2D eigenvalue weighted by Gasteiger charge is -2.11. The Labute approximate surface area is 191 Å². The summed E-state index contributed by atoms with van der Waals surface area (Å²) >= 11 is 13.0. The lowest BCUT2D eigenvalue weighted by atomic mass is 10.1. The maximum absolute atomic E-state index is 12.4. The Kier molecular flexibility index (Phi) is 7.53. The second kappa shape index (κ2) is 10.1. The van der Waals surface area contributed by atoms with E-state index >= 15 is 0 Å². The fourth-order valence-electron chi connectivity index (χ4n) is 2.57. The molecule has 3 nitrogen and oxygen atoms in total. The molecule has 0 spiro atoms. The summed E-state index contributed by atoms with van der Waals surface area (Å²) in [6, 6.07) is 18.3. The average molecular weight is 537 g/mol. The van der Waals surface area contributed by atoms with Crippen LogP contribution >= 0.6 is 43.5 Å². The summed E-state index contributed by atoms with van der Waals surface area (Å²) in [6.07, 6.45) is 3.31. The van der Waals surface area contributed by atoms with Crippen LogP contribution in [-0.4, -0.2) is 12.9 Å². The van der Waals surface area contributed by atoms with Gasteiger partial charge in [-0.05, 0) is 97.6 Å². The summed E-state index contributed by atoms with van der Waals surface area (Å²) < 4.78 is 12.6. The first-order chi connectivity index (χ1) is 14.0. The standard InChI is InChI=1S/C23H17Br2ClO3/c1-28-19-9-5-17(6-10-19)22(27)11-4-16-12-20(24)23(21(25)13-16)29-14-15-2-7-18(26)8-3-15/h2-13H,14H2,1H3/b11-4+. The van der Waals surface area contributed by atoms with Crippen LogP contribution in [0.25, 0.3) is 6.08 Å². The van der Waals surface area contributed by atoms with Crippen LogP contribution in [-0.2, 0) is 6.61 Å². The highest BCUT2D eigenvalue weighted by atomic mass is 79.9. The third-order valence-electron chi connectivity index (χ3n) is 4.12. The van der Waals surface area contributed by atoms with E-state index in [1.165, 1.54) is 0 Å². The van der Waals surface area contributed by atoms with Crippen LogP contribution in [0.1, 0.15) is 21.5 Å². The molecule has 3 rings (SSSR count). The van der Waals surface area contributed by atoms with Gasteiger partial charge in [-0.25, -0.2) is 0 Å². The van der Waals surface area contributed by atoms with Crippen LogP contribution in [0.4, 0.5) is 0 Å². The number of halogens is 3. The summed E-state index contributed by atoms with van der Waals surface area (Å²) in [5, 5.41) is 0.691. The Morgan fingerprint density at radius 1 is 1.00 bits per heavy atom. The normalized spacial score (nSPS) is 10.9. The van der Waals surface area contributed by atoms with Crippen molar-refractivity contribution in [3.05, 3.63) is 97.4 Å². The Balaban J connectivity index is 1.69. The first-order valence-electron chi connectivity index (χ1n) is 8.69. The first kappa shape index (κ1) is 21.6. The van der Waals surface area contributed by atoms with Gasteiger partial charge in [-0.3, -0.25) is 4.79 Å². The molecule has 0 fully saturated rings. The molecule has 0 aliphatic heterocycles. The van der Waals surface area contributed by atoms with Gasteiger partial charge in [-0.15, -0.1) is 0 Å². The molecule has 0 bridgehead atoms. The van der Waals surface area contributed by atoms with Crippen molar-refractivity contribution in [2.45, 2.75) is 6.61 Å². The molecular formula is C23H17Br2ClO3. The predicted molar refractivity (Wildman–Crippen MR) is 124 cm³/mol. The predicted octanol–water partition coefficient (Wildman–Crippen LogP) is 7.35. The van der Waals surface area contributed by atoms with Crippen LogP contribution in [0, 0.1) is 0 Å². The zero-order valence-corrected chi connectivity index (χ0v) is 19.4. The largest absolute Gasteiger partial charge is 0.497 e. The molecular weight excluding hydrogens is 520 g/mol. The Morgan fingerprint density at radius 3 is 2.21 bits per heavy atom. The number of methoxy groups -OCH3 is 1. The van der Waals surface area contributed by atoms with E-state index in [0.717, 1.165) is 20.1 Å². The van der Waals surface area contributed by atoms with E-state index in [0.29, 0.717) is 28.7 Å². The van der Waals surface area contributed by atoms with Gasteiger partial charge in [-0.2, -0.15) is 0 Å². The van der Waals surface area contributed by atoms with Gasteiger partial charge >= 0.3 is 0 Å². The molecule has 0 saturated carbocycles. The van der Waals surface area contributed by atoms with Crippen molar-refractivity contribution >= 4 is 55.3 Å². The van der Waals surface area contributed by atoms with E-state index in [4.69, 9.17) is 21.1 Å². The number of benzene rings is 3. The number of allylic oxidation sites excluding steroid dienone is 1. The smallest absolute Gasteiger partial charge is 0.185 e. The molecule has 0 radical (unpaired) electrons. The zero-order chi connectivity index (χ0) is 20.8. The molecule has 0 N–H and O–H groups in total. The van der Waals surface area contributed by atoms with Crippen molar-refractivity contribution in [2.75, 3.05) is 7.11 Å². The number of ketones is 1. The van der Waals surface area contributed by atoms with E-state index in [1.807, 2.05) is 36.4 Å². The third kappa shape index (κ3) is 5.95. The fraction of sp³-hybridized carbons (Fsp3) is 0.0870. The van der Waals surface area contributed by atoms with E-state index in [1.54, 1.807) is 43.5 Å². The molecule has 0 amide bonds. The second-order valence-corrected chi connectivity index (χ2v) is 8.30. The fourth-order valence-corrected chi connectivity index (χ4v) is 4.15. The van der Waals surface area contributed by atoms with Crippen molar-refractivity contribution in [2.24, 2.45) is 0 Å². The Morgan fingerprint density at radius 2 is 1.62 bits per heavy atom. The van der Waals surface area contributed by atoms with Crippen molar-refractivity contribution < 1.29 is 14.3 Å². The van der Waals surface area contributed by atoms with Gasteiger partial charge in [-0.1, -0.05) is 29.8 Å². The van der Waals surface area contributed by atoms with Gasteiger partial charge in [0.25, 0.3) is 0 Å². The van der Waals surface area contributed by atoms with E-state index in [9.17, 15) is 4.79 Å². The molecule has 0 aliphatic carbocycles. The van der Waals surface area contributed by atoms with Gasteiger partial charge in [0, 0.05) is 10.6 Å². The Bertz CT molecular complexity index is 1010. The van der Waals surface area contributed by atoms with Gasteiger partial charge in [0.2, 0.25) is 0 Å². The van der Waals surface area contributed by atoms with E-state index < -0.39 is 0 Å². The average Bonchev–Trinajstić information content (AvgIpc) is 2.72. The summed E-state index contributed by atoms with van der Waals surface area (Å²) in [7, 11) is 1.59. The molecule has 0 aromatic heterocycles. The highest BCUT2D eigenvalue weighted by molar-refractivity contribution is 9.11. The summed E-state index contributed by atoms with van der Waals surface area (Å²) in [4.78, 5) is 12.4. The van der Waals surface area contributed by atoms with Crippen LogP contribution in [0.2, 0.25) is 5.02 Å². The Hall–Kier alpha value is -2.08. The minimum atomic E-state index is -0.0806. The maximum Gasteiger partial charge on any atom is 0.185 e. The van der Waals surface area contributed by atoms with Crippen LogP contribution in [0.5, 0.6) is 11.5 Å². The highest BCUT2D eigenvalue weighted by Gasteiger charge is 2.09. The van der Waals surface area contributed by atoms with Gasteiger partial charge in [0.1, 0.15) is 18.1 Å². The lowest BCUT2D eigenvalue weighted by molar-refractivity contribution is 0.104. The molecule has 0 unspecified atom stereocenters. The number of carbonyl (C=O) groups is 1. The molecule has 6 heteroatoms. The molecule has 148 valence electrons. The molecule has 0 aliphatic rings. The molecule has 0 saturated heterocycles. The SMILES string of the molecule is COc1ccc(C(=O)/C=C/c2cc(Br)c(OCc3ccc(Cl)cc3)c(Br)c2)cc1. The number of rotatable bonds is 7. The summed E-state index contributed by atoms with van der Waals surface area (Å²) in [5.74, 6) is 1.33.